The zero-order valence-corrected chi connectivity index (χ0v) is 20.6. The largest absolute Gasteiger partial charge is 0.443 e. The lowest BCUT2D eigenvalue weighted by Crippen LogP contribution is -2.58. The van der Waals surface area contributed by atoms with E-state index < -0.39 is 53.7 Å². The van der Waals surface area contributed by atoms with Gasteiger partial charge in [0.05, 0.1) is 6.54 Å². The summed E-state index contributed by atoms with van der Waals surface area (Å²) in [4.78, 5) is 52.0. The van der Waals surface area contributed by atoms with E-state index >= 15 is 0 Å². The zero-order valence-electron chi connectivity index (χ0n) is 20.6. The number of benzene rings is 1. The Kier molecular flexibility index (Phi) is 10.3. The van der Waals surface area contributed by atoms with Crippen LogP contribution in [0.15, 0.2) is 30.3 Å². The number of imide groups is 1. The number of nitrogens with one attached hydrogen (secondary N) is 1. The fraction of sp³-hybridized carbons (Fsp3) is 0.583. The fourth-order valence-electron chi connectivity index (χ4n) is 3.06. The Balaban J connectivity index is 3.30. The monoisotopic (exact) mass is 483 g/mol. The SMILES string of the molecule is CC(C)CC(C(=O)C(F)(F)CN)N(C(=O)OC(C)(C)C)C(=O)C(C)C(=O)NCc1ccccc1. The van der Waals surface area contributed by atoms with Gasteiger partial charge in [0, 0.05) is 6.54 Å². The third kappa shape index (κ3) is 8.48. The van der Waals surface area contributed by atoms with Gasteiger partial charge in [-0.2, -0.15) is 8.78 Å². The number of Topliss-reactive ketones (excluding diaryl/α,β-unsaturated/α-hetero) is 1. The predicted molar refractivity (Wildman–Crippen MR) is 123 cm³/mol. The molecule has 190 valence electrons. The maximum atomic E-state index is 14.3. The molecule has 0 aromatic heterocycles. The van der Waals surface area contributed by atoms with Gasteiger partial charge in [-0.05, 0) is 45.6 Å². The van der Waals surface area contributed by atoms with E-state index in [-0.39, 0.29) is 18.9 Å². The van der Waals surface area contributed by atoms with Crippen molar-refractivity contribution in [2.45, 2.75) is 72.1 Å². The summed E-state index contributed by atoms with van der Waals surface area (Å²) in [6.07, 6.45) is -1.54. The summed E-state index contributed by atoms with van der Waals surface area (Å²) >= 11 is 0. The Morgan fingerprint density at radius 2 is 1.62 bits per heavy atom. The zero-order chi connectivity index (χ0) is 26.3. The minimum Gasteiger partial charge on any atom is -0.443 e. The van der Waals surface area contributed by atoms with Gasteiger partial charge in [0.25, 0.3) is 0 Å². The number of nitrogens with zero attached hydrogens (tertiary/aromatic N) is 1. The van der Waals surface area contributed by atoms with Crippen molar-refractivity contribution in [3.05, 3.63) is 35.9 Å². The second-order valence-electron chi connectivity index (χ2n) is 9.53. The van der Waals surface area contributed by atoms with E-state index in [2.05, 4.69) is 5.32 Å². The number of ether oxygens (including phenoxy) is 1. The van der Waals surface area contributed by atoms with Crippen molar-refractivity contribution in [3.8, 4) is 0 Å². The fourth-order valence-corrected chi connectivity index (χ4v) is 3.06. The molecule has 34 heavy (non-hydrogen) atoms. The van der Waals surface area contributed by atoms with Crippen LogP contribution in [-0.4, -0.2) is 52.7 Å². The first-order valence-electron chi connectivity index (χ1n) is 11.1. The summed E-state index contributed by atoms with van der Waals surface area (Å²) in [7, 11) is 0. The average molecular weight is 484 g/mol. The molecular weight excluding hydrogens is 448 g/mol. The van der Waals surface area contributed by atoms with Gasteiger partial charge in [0.15, 0.2) is 0 Å². The molecule has 0 heterocycles. The number of ketones is 1. The van der Waals surface area contributed by atoms with E-state index in [1.807, 2.05) is 0 Å². The molecule has 0 aliphatic rings. The topological polar surface area (TPSA) is 119 Å². The van der Waals surface area contributed by atoms with E-state index in [0.717, 1.165) is 5.56 Å². The Morgan fingerprint density at radius 3 is 2.09 bits per heavy atom. The van der Waals surface area contributed by atoms with Crippen LogP contribution in [0.3, 0.4) is 0 Å². The molecule has 2 unspecified atom stereocenters. The molecule has 8 nitrogen and oxygen atoms in total. The van der Waals surface area contributed by atoms with Gasteiger partial charge in [-0.1, -0.05) is 44.2 Å². The third-order valence-electron chi connectivity index (χ3n) is 4.83. The highest BCUT2D eigenvalue weighted by Gasteiger charge is 2.49. The van der Waals surface area contributed by atoms with E-state index in [0.29, 0.717) is 4.90 Å². The van der Waals surface area contributed by atoms with Gasteiger partial charge in [-0.25, -0.2) is 9.69 Å². The van der Waals surface area contributed by atoms with Gasteiger partial charge in [0.1, 0.15) is 17.6 Å². The number of halogens is 2. The molecule has 1 rings (SSSR count). The molecule has 1 aromatic rings. The summed E-state index contributed by atoms with van der Waals surface area (Å²) in [6, 6.07) is 7.04. The Hall–Kier alpha value is -2.88. The maximum Gasteiger partial charge on any atom is 0.417 e. The summed E-state index contributed by atoms with van der Waals surface area (Å²) < 4.78 is 33.8. The normalized spacial score (nSPS) is 13.7. The number of hydrogen-bond acceptors (Lipinski definition) is 6. The van der Waals surface area contributed by atoms with Crippen LogP contribution in [0, 0.1) is 11.8 Å². The minimum absolute atomic E-state index is 0.114. The summed E-state index contributed by atoms with van der Waals surface area (Å²) in [6.45, 7) is 7.93. The minimum atomic E-state index is -3.97. The quantitative estimate of drug-likeness (QED) is 0.493. The average Bonchev–Trinajstić information content (AvgIpc) is 2.74. The van der Waals surface area contributed by atoms with Crippen molar-refractivity contribution in [2.75, 3.05) is 6.54 Å². The van der Waals surface area contributed by atoms with Crippen molar-refractivity contribution in [3.63, 3.8) is 0 Å². The Morgan fingerprint density at radius 1 is 1.06 bits per heavy atom. The molecular formula is C24H35F2N3O5. The van der Waals surface area contributed by atoms with Gasteiger partial charge >= 0.3 is 12.0 Å². The second kappa shape index (κ2) is 12.0. The number of rotatable bonds is 10. The molecule has 2 atom stereocenters. The highest BCUT2D eigenvalue weighted by Crippen LogP contribution is 2.26. The molecule has 0 aliphatic carbocycles. The van der Waals surface area contributed by atoms with Crippen LogP contribution in [0.1, 0.15) is 53.5 Å². The Bertz CT molecular complexity index is 869. The van der Waals surface area contributed by atoms with Crippen molar-refractivity contribution in [1.82, 2.24) is 10.2 Å². The first-order valence-corrected chi connectivity index (χ1v) is 11.1. The highest BCUT2D eigenvalue weighted by atomic mass is 19.3. The van der Waals surface area contributed by atoms with Gasteiger partial charge in [0.2, 0.25) is 17.6 Å². The predicted octanol–water partition coefficient (Wildman–Crippen LogP) is 3.28. The smallest absolute Gasteiger partial charge is 0.417 e. The lowest BCUT2D eigenvalue weighted by molar-refractivity contribution is -0.155. The van der Waals surface area contributed by atoms with Crippen LogP contribution >= 0.6 is 0 Å². The van der Waals surface area contributed by atoms with Crippen LogP contribution in [0.25, 0.3) is 0 Å². The van der Waals surface area contributed by atoms with Crippen LogP contribution in [-0.2, 0) is 25.7 Å². The summed E-state index contributed by atoms with van der Waals surface area (Å²) in [5.74, 6) is -9.30. The molecule has 0 aliphatic heterocycles. The van der Waals surface area contributed by atoms with Gasteiger partial charge in [-0.15, -0.1) is 0 Å². The van der Waals surface area contributed by atoms with Gasteiger partial charge in [-0.3, -0.25) is 14.4 Å². The molecule has 10 heteroatoms. The van der Waals surface area contributed by atoms with Crippen LogP contribution < -0.4 is 11.1 Å². The number of alkyl halides is 2. The molecule has 3 amide bonds. The number of hydrogen-bond donors (Lipinski definition) is 2. The second-order valence-corrected chi connectivity index (χ2v) is 9.53. The molecule has 0 radical (unpaired) electrons. The molecule has 1 aromatic carbocycles. The first kappa shape index (κ1) is 29.2. The lowest BCUT2D eigenvalue weighted by Gasteiger charge is -2.34. The van der Waals surface area contributed by atoms with E-state index in [1.54, 1.807) is 44.2 Å². The van der Waals surface area contributed by atoms with E-state index in [1.165, 1.54) is 27.7 Å². The molecule has 3 N–H and O–H groups in total. The van der Waals surface area contributed by atoms with Crippen molar-refractivity contribution in [1.29, 1.82) is 0 Å². The maximum absolute atomic E-state index is 14.3. The number of carbonyl (C=O) groups excluding carboxylic acids is 4. The molecule has 0 fully saturated rings. The Labute approximate surface area is 199 Å². The molecule has 0 saturated heterocycles. The molecule has 0 bridgehead atoms. The van der Waals surface area contributed by atoms with Crippen molar-refractivity contribution >= 4 is 23.7 Å². The number of nitrogens with two attached hydrogens (primary N) is 1. The highest BCUT2D eigenvalue weighted by molar-refractivity contribution is 6.08. The standard InChI is InChI=1S/C24H35F2N3O5/c1-15(2)12-18(19(30)24(25,26)14-27)29(22(33)34-23(4,5)6)21(32)16(3)20(31)28-13-17-10-8-7-9-11-17/h7-11,15-16,18H,12-14,27H2,1-6H3,(H,28,31). The summed E-state index contributed by atoms with van der Waals surface area (Å²) in [5.41, 5.74) is 4.76. The third-order valence-corrected chi connectivity index (χ3v) is 4.83. The van der Waals surface area contributed by atoms with Crippen LogP contribution in [0.5, 0.6) is 0 Å². The van der Waals surface area contributed by atoms with Crippen molar-refractivity contribution < 1.29 is 32.7 Å². The molecule has 0 spiro atoms. The van der Waals surface area contributed by atoms with Crippen LogP contribution in [0.4, 0.5) is 13.6 Å². The van der Waals surface area contributed by atoms with E-state index in [4.69, 9.17) is 10.5 Å². The number of amides is 3. The lowest BCUT2D eigenvalue weighted by atomic mass is 9.94. The van der Waals surface area contributed by atoms with E-state index in [9.17, 15) is 28.0 Å². The first-order chi connectivity index (χ1) is 15.6. The van der Waals surface area contributed by atoms with Crippen LogP contribution in [0.2, 0.25) is 0 Å². The van der Waals surface area contributed by atoms with Gasteiger partial charge < -0.3 is 15.8 Å². The van der Waals surface area contributed by atoms with Crippen molar-refractivity contribution in [2.24, 2.45) is 17.6 Å². The summed E-state index contributed by atoms with van der Waals surface area (Å²) in [5, 5.41) is 2.58. The number of carbonyl (C=O) groups is 4. The molecule has 0 saturated carbocycles.